The number of rotatable bonds is 60. The predicted molar refractivity (Wildman–Crippen MR) is 383 cm³/mol. The monoisotopic (exact) mass is 1400 g/mol. The number of carbonyl (C=O) groups is 8. The van der Waals surface area contributed by atoms with E-state index in [2.05, 4.69) is 43.9 Å². The van der Waals surface area contributed by atoms with Crippen molar-refractivity contribution in [3.8, 4) is 0 Å². The summed E-state index contributed by atoms with van der Waals surface area (Å²) in [5.41, 5.74) is 0. The second-order valence-electron chi connectivity index (χ2n) is 23.4. The molecule has 0 spiro atoms. The molecule has 0 aromatic rings. The molecule has 1 aliphatic heterocycles. The number of carbonyl (C=O) groups excluding carboxylic acids is 8. The highest BCUT2D eigenvalue weighted by Crippen LogP contribution is 2.17. The number of unbranched alkanes of at least 4 members (excludes halogenated alkanes) is 4. The van der Waals surface area contributed by atoms with E-state index >= 15 is 0 Å². The Balaban J connectivity index is 2.78. The number of nitrogens with zero attached hydrogens (tertiary/aromatic N) is 4. The van der Waals surface area contributed by atoms with Gasteiger partial charge in [-0.1, -0.05) is 76.3 Å². The van der Waals surface area contributed by atoms with Gasteiger partial charge >= 0.3 is 47.8 Å². The first-order valence-corrected chi connectivity index (χ1v) is 39.1. The van der Waals surface area contributed by atoms with Crippen LogP contribution in [0.5, 0.6) is 0 Å². The third-order valence-electron chi connectivity index (χ3n) is 14.9. The van der Waals surface area contributed by atoms with Crippen LogP contribution < -0.4 is 0 Å². The first-order valence-electron chi connectivity index (χ1n) is 34.5. The number of esters is 8. The van der Waals surface area contributed by atoms with Crippen molar-refractivity contribution < 1.29 is 76.3 Å². The average molecular weight is 1400 g/mol. The summed E-state index contributed by atoms with van der Waals surface area (Å²) < 4.78 is 43.3. The first-order chi connectivity index (χ1) is 45.5. The molecule has 0 radical (unpaired) electrons. The number of hydrogen-bond acceptors (Lipinski definition) is 24. The molecular weight excluding hydrogens is 1280 g/mol. The highest BCUT2D eigenvalue weighted by atomic mass is 32.2. The lowest BCUT2D eigenvalue weighted by atomic mass is 10.2. The molecule has 0 saturated carbocycles. The van der Waals surface area contributed by atoms with E-state index in [0.717, 1.165) is 126 Å². The lowest BCUT2D eigenvalue weighted by molar-refractivity contribution is -0.154. The van der Waals surface area contributed by atoms with Gasteiger partial charge in [-0.3, -0.25) is 38.4 Å². The summed E-state index contributed by atoms with van der Waals surface area (Å²) in [6, 6.07) is 0. The zero-order valence-corrected chi connectivity index (χ0v) is 61.8. The van der Waals surface area contributed by atoms with Gasteiger partial charge in [-0.2, -0.15) is 47.0 Å². The van der Waals surface area contributed by atoms with Crippen LogP contribution in [0.2, 0.25) is 0 Å². The molecule has 20 nitrogen and oxygen atoms in total. The SMILES string of the molecule is C/C=C/CCCSCC(C)C(=O)OCCOC(=O)CCN(CCCN1CCN(CCCN(CCC(=O)OCCOC(=O)C(C)CSCCC/C=C/C)CCC(=O)OCCOC(=O)C(C)CSCCC/C=C/C)CC1)CCC(=O)OCCOC(=O)C(C)CSCCC/C=C/C. The first kappa shape index (κ1) is 88.0. The molecule has 0 aliphatic carbocycles. The second-order valence-corrected chi connectivity index (χ2v) is 28.0. The van der Waals surface area contributed by atoms with Crippen molar-refractivity contribution in [1.29, 1.82) is 0 Å². The molecule has 94 heavy (non-hydrogen) atoms. The van der Waals surface area contributed by atoms with Gasteiger partial charge in [-0.05, 0) is 141 Å². The zero-order chi connectivity index (χ0) is 69.1. The van der Waals surface area contributed by atoms with Gasteiger partial charge in [0.05, 0.1) is 49.4 Å². The molecule has 0 aromatic heterocycles. The maximum atomic E-state index is 12.9. The van der Waals surface area contributed by atoms with E-state index in [4.69, 9.17) is 37.9 Å². The van der Waals surface area contributed by atoms with Crippen molar-refractivity contribution in [1.82, 2.24) is 19.6 Å². The van der Waals surface area contributed by atoms with E-state index < -0.39 is 23.9 Å². The fraction of sp³-hybridized carbons (Fsp3) is 0.771. The fourth-order valence-electron chi connectivity index (χ4n) is 9.18. The standard InChI is InChI=1S/C70H120N4O16S4/c1-9-13-17-21-51-91-55-59(5)67(79)87-47-43-83-63(75)27-35-71(36-28-64(76)84-44-48-88-68(80)60(6)56-92-52-22-18-14-10-2)31-25-33-73-39-41-74(42-40-73)34-26-32-72(37-29-65(77)85-45-49-89-69(81)61(7)57-93-53-23-19-15-11-3)38-30-66(78)86-46-50-90-70(82)62(8)58-94-54-24-20-16-12-4/h9-16,59-62H,17-58H2,1-8H3/b13-9+,14-10+,15-11+,16-12+. The van der Waals surface area contributed by atoms with E-state index in [1.165, 1.54) is 0 Å². The van der Waals surface area contributed by atoms with Crippen LogP contribution in [-0.2, 0) is 76.3 Å². The lowest BCUT2D eigenvalue weighted by Crippen LogP contribution is -2.47. The lowest BCUT2D eigenvalue weighted by Gasteiger charge is -2.35. The summed E-state index contributed by atoms with van der Waals surface area (Å²) in [5, 5.41) is 0. The van der Waals surface area contributed by atoms with Gasteiger partial charge in [-0.25, -0.2) is 0 Å². The van der Waals surface area contributed by atoms with Crippen molar-refractivity contribution >= 4 is 94.8 Å². The van der Waals surface area contributed by atoms with Crippen LogP contribution in [0.25, 0.3) is 0 Å². The predicted octanol–water partition coefficient (Wildman–Crippen LogP) is 10.8. The van der Waals surface area contributed by atoms with Crippen LogP contribution in [0.15, 0.2) is 48.6 Å². The molecule has 1 rings (SSSR count). The largest absolute Gasteiger partial charge is 0.462 e. The molecular formula is C70H120N4O16S4. The topological polar surface area (TPSA) is 223 Å². The molecule has 540 valence electrons. The third kappa shape index (κ3) is 51.2. The summed E-state index contributed by atoms with van der Waals surface area (Å²) >= 11 is 6.89. The number of allylic oxidation sites excluding steroid dienone is 8. The van der Waals surface area contributed by atoms with Gasteiger partial charge in [0.15, 0.2) is 0 Å². The molecule has 24 heteroatoms. The Hall–Kier alpha value is -4.04. The molecule has 4 unspecified atom stereocenters. The summed E-state index contributed by atoms with van der Waals surface area (Å²) in [6.07, 6.45) is 26.8. The molecule has 4 atom stereocenters. The second kappa shape index (κ2) is 61.3. The minimum atomic E-state index is -0.428. The highest BCUT2D eigenvalue weighted by Gasteiger charge is 2.22. The van der Waals surface area contributed by atoms with Crippen molar-refractivity contribution in [3.05, 3.63) is 48.6 Å². The summed E-state index contributed by atoms with van der Waals surface area (Å²) in [6.45, 7) is 22.8. The van der Waals surface area contributed by atoms with E-state index in [0.29, 0.717) is 62.3 Å². The van der Waals surface area contributed by atoms with Crippen molar-refractivity contribution in [3.63, 3.8) is 0 Å². The van der Waals surface area contributed by atoms with E-state index in [-0.39, 0.29) is 126 Å². The van der Waals surface area contributed by atoms with Gasteiger partial charge < -0.3 is 57.5 Å². The van der Waals surface area contributed by atoms with Crippen LogP contribution >= 0.6 is 47.0 Å². The highest BCUT2D eigenvalue weighted by molar-refractivity contribution is 7.99. The summed E-state index contributed by atoms with van der Waals surface area (Å²) in [5.74, 6) is 2.45. The van der Waals surface area contributed by atoms with E-state index in [9.17, 15) is 38.4 Å². The van der Waals surface area contributed by atoms with Gasteiger partial charge in [0.2, 0.25) is 0 Å². The number of thioether (sulfide) groups is 4. The minimum Gasteiger partial charge on any atom is -0.462 e. The Morgan fingerprint density at radius 2 is 0.564 bits per heavy atom. The van der Waals surface area contributed by atoms with Crippen LogP contribution in [0, 0.1) is 23.7 Å². The minimum absolute atomic E-state index is 0.0238. The van der Waals surface area contributed by atoms with Gasteiger partial charge in [0, 0.05) is 75.4 Å². The summed E-state index contributed by atoms with van der Waals surface area (Å²) in [4.78, 5) is 111. The maximum absolute atomic E-state index is 12.9. The van der Waals surface area contributed by atoms with Crippen LogP contribution in [0.4, 0.5) is 0 Å². The molecule has 1 saturated heterocycles. The molecule has 0 aromatic carbocycles. The molecule has 1 heterocycles. The smallest absolute Gasteiger partial charge is 0.309 e. The molecule has 0 bridgehead atoms. The molecule has 1 aliphatic rings. The Labute approximate surface area is 582 Å². The van der Waals surface area contributed by atoms with Gasteiger partial charge in [0.1, 0.15) is 52.9 Å². The fourth-order valence-corrected chi connectivity index (χ4v) is 13.3. The van der Waals surface area contributed by atoms with Crippen LogP contribution in [0.1, 0.15) is 145 Å². The van der Waals surface area contributed by atoms with Crippen molar-refractivity contribution in [2.75, 3.05) is 177 Å². The van der Waals surface area contributed by atoms with Gasteiger partial charge in [-0.15, -0.1) is 0 Å². The maximum Gasteiger partial charge on any atom is 0.309 e. The number of piperazine rings is 1. The van der Waals surface area contributed by atoms with Crippen molar-refractivity contribution in [2.45, 2.75) is 145 Å². The number of ether oxygens (including phenoxy) is 8. The van der Waals surface area contributed by atoms with Gasteiger partial charge in [0.25, 0.3) is 0 Å². The van der Waals surface area contributed by atoms with E-state index in [1.54, 1.807) is 47.0 Å². The normalized spacial score (nSPS) is 14.4. The third-order valence-corrected chi connectivity index (χ3v) is 20.2. The van der Waals surface area contributed by atoms with Crippen LogP contribution in [0.3, 0.4) is 0 Å². The Morgan fingerprint density at radius 1 is 0.340 bits per heavy atom. The molecule has 0 N–H and O–H groups in total. The summed E-state index contributed by atoms with van der Waals surface area (Å²) in [7, 11) is 0. The average Bonchev–Trinajstić information content (AvgIpc) is 2.15. The Morgan fingerprint density at radius 3 is 0.787 bits per heavy atom. The Bertz CT molecular complexity index is 1880. The quantitative estimate of drug-likeness (QED) is 0.0239. The molecule has 0 amide bonds. The Kier molecular flexibility index (Phi) is 57.4. The van der Waals surface area contributed by atoms with Crippen molar-refractivity contribution in [2.24, 2.45) is 23.7 Å². The van der Waals surface area contributed by atoms with E-state index in [1.807, 2.05) is 79.7 Å². The zero-order valence-electron chi connectivity index (χ0n) is 58.6. The molecule has 1 fully saturated rings. The van der Waals surface area contributed by atoms with Crippen LogP contribution in [-0.4, -0.2) is 245 Å². The number of hydrogen-bond donors (Lipinski definition) is 0.